The van der Waals surface area contributed by atoms with Gasteiger partial charge in [-0.25, -0.2) is 0 Å². The number of furan rings is 1. The Labute approximate surface area is 119 Å². The molecule has 0 radical (unpaired) electrons. The van der Waals surface area contributed by atoms with Crippen molar-refractivity contribution in [2.24, 2.45) is 0 Å². The smallest absolute Gasteiger partial charge is 0.193 e. The summed E-state index contributed by atoms with van der Waals surface area (Å²) in [7, 11) is 4.15. The van der Waals surface area contributed by atoms with Crippen LogP contribution in [0.25, 0.3) is 11.3 Å². The second-order valence-corrected chi connectivity index (χ2v) is 5.19. The van der Waals surface area contributed by atoms with Crippen molar-refractivity contribution in [1.82, 2.24) is 4.90 Å². The van der Waals surface area contributed by atoms with Gasteiger partial charge in [0.05, 0.1) is 0 Å². The highest BCUT2D eigenvalue weighted by Crippen LogP contribution is 2.25. The molecular weight excluding hydrogens is 260 g/mol. The van der Waals surface area contributed by atoms with Crippen molar-refractivity contribution in [3.8, 4) is 11.3 Å². The molecule has 102 valence electrons. The van der Waals surface area contributed by atoms with Gasteiger partial charge in [0.15, 0.2) is 5.88 Å². The van der Waals surface area contributed by atoms with Crippen molar-refractivity contribution in [2.75, 3.05) is 32.5 Å². The predicted molar refractivity (Wildman–Crippen MR) is 80.8 cm³/mol. The molecule has 0 amide bonds. The van der Waals surface area contributed by atoms with Crippen LogP contribution in [0.1, 0.15) is 6.42 Å². The quantitative estimate of drug-likeness (QED) is 0.811. The third kappa shape index (κ3) is 4.30. The maximum absolute atomic E-state index is 5.87. The number of anilines is 1. The fourth-order valence-electron chi connectivity index (χ4n) is 1.81. The molecule has 3 nitrogen and oxygen atoms in total. The first-order chi connectivity index (χ1) is 9.15. The topological polar surface area (TPSA) is 28.4 Å². The van der Waals surface area contributed by atoms with E-state index in [2.05, 4.69) is 24.3 Å². The first-order valence-corrected chi connectivity index (χ1v) is 6.77. The van der Waals surface area contributed by atoms with Crippen molar-refractivity contribution < 1.29 is 4.42 Å². The third-order valence-corrected chi connectivity index (χ3v) is 3.07. The van der Waals surface area contributed by atoms with Crippen molar-refractivity contribution in [2.45, 2.75) is 6.42 Å². The Kier molecular flexibility index (Phi) is 4.88. The Balaban J connectivity index is 1.90. The molecule has 1 aromatic carbocycles. The van der Waals surface area contributed by atoms with E-state index in [-0.39, 0.29) is 0 Å². The van der Waals surface area contributed by atoms with Crippen LogP contribution in [0.3, 0.4) is 0 Å². The molecule has 1 N–H and O–H groups in total. The SMILES string of the molecule is CN(C)CCCNc1ccc(-c2ccc(Cl)cc2)o1. The zero-order valence-corrected chi connectivity index (χ0v) is 12.1. The lowest BCUT2D eigenvalue weighted by Crippen LogP contribution is -2.16. The van der Waals surface area contributed by atoms with Crippen molar-refractivity contribution in [3.63, 3.8) is 0 Å². The highest BCUT2D eigenvalue weighted by Gasteiger charge is 2.04. The van der Waals surface area contributed by atoms with Gasteiger partial charge in [-0.15, -0.1) is 0 Å². The van der Waals surface area contributed by atoms with E-state index in [1.165, 1.54) is 0 Å². The van der Waals surface area contributed by atoms with Crippen LogP contribution in [0.2, 0.25) is 5.02 Å². The van der Waals surface area contributed by atoms with Crippen LogP contribution in [0.15, 0.2) is 40.8 Å². The molecule has 0 aliphatic carbocycles. The molecule has 4 heteroatoms. The summed E-state index contributed by atoms with van der Waals surface area (Å²) in [6.07, 6.45) is 1.09. The molecule has 0 saturated carbocycles. The average Bonchev–Trinajstić information content (AvgIpc) is 2.84. The summed E-state index contributed by atoms with van der Waals surface area (Å²) in [5.41, 5.74) is 1.03. The molecule has 1 heterocycles. The molecule has 0 unspecified atom stereocenters. The van der Waals surface area contributed by atoms with Crippen molar-refractivity contribution in [1.29, 1.82) is 0 Å². The largest absolute Gasteiger partial charge is 0.441 e. The van der Waals surface area contributed by atoms with Crippen LogP contribution in [0.4, 0.5) is 5.88 Å². The average molecular weight is 279 g/mol. The molecule has 0 aliphatic heterocycles. The second-order valence-electron chi connectivity index (χ2n) is 4.75. The van der Waals surface area contributed by atoms with E-state index in [4.69, 9.17) is 16.0 Å². The Morgan fingerprint density at radius 3 is 2.53 bits per heavy atom. The number of nitrogens with one attached hydrogen (secondary N) is 1. The Morgan fingerprint density at radius 2 is 1.84 bits per heavy atom. The molecule has 0 saturated heterocycles. The van der Waals surface area contributed by atoms with Gasteiger partial charge in [-0.05, 0) is 57.4 Å². The van der Waals surface area contributed by atoms with Crippen LogP contribution in [0, 0.1) is 0 Å². The van der Waals surface area contributed by atoms with Gasteiger partial charge in [0.2, 0.25) is 0 Å². The Morgan fingerprint density at radius 1 is 1.11 bits per heavy atom. The lowest BCUT2D eigenvalue weighted by molar-refractivity contribution is 0.404. The maximum atomic E-state index is 5.87. The van der Waals surface area contributed by atoms with Gasteiger partial charge in [-0.1, -0.05) is 11.6 Å². The fraction of sp³-hybridized carbons (Fsp3) is 0.333. The van der Waals surface area contributed by atoms with Gasteiger partial charge in [0, 0.05) is 23.2 Å². The Hall–Kier alpha value is -1.45. The highest BCUT2D eigenvalue weighted by molar-refractivity contribution is 6.30. The third-order valence-electron chi connectivity index (χ3n) is 2.82. The zero-order chi connectivity index (χ0) is 13.7. The summed E-state index contributed by atoms with van der Waals surface area (Å²) in [5, 5.41) is 4.02. The minimum absolute atomic E-state index is 0.734. The van der Waals surface area contributed by atoms with Crippen molar-refractivity contribution in [3.05, 3.63) is 41.4 Å². The first-order valence-electron chi connectivity index (χ1n) is 6.39. The molecule has 19 heavy (non-hydrogen) atoms. The fourth-order valence-corrected chi connectivity index (χ4v) is 1.94. The highest BCUT2D eigenvalue weighted by atomic mass is 35.5. The van der Waals surface area contributed by atoms with E-state index >= 15 is 0 Å². The molecule has 0 fully saturated rings. The van der Waals surface area contributed by atoms with Gasteiger partial charge in [-0.2, -0.15) is 0 Å². The number of hydrogen-bond donors (Lipinski definition) is 1. The molecule has 1 aromatic heterocycles. The van der Waals surface area contributed by atoms with Crippen LogP contribution < -0.4 is 5.32 Å². The van der Waals surface area contributed by atoms with Crippen LogP contribution in [0.5, 0.6) is 0 Å². The second kappa shape index (κ2) is 6.64. The summed E-state index contributed by atoms with van der Waals surface area (Å²) in [5.74, 6) is 1.66. The van der Waals surface area contributed by atoms with Crippen LogP contribution in [-0.4, -0.2) is 32.1 Å². The van der Waals surface area contributed by atoms with Gasteiger partial charge >= 0.3 is 0 Å². The van der Waals surface area contributed by atoms with E-state index < -0.39 is 0 Å². The lowest BCUT2D eigenvalue weighted by Gasteiger charge is -2.09. The minimum atomic E-state index is 0.734. The summed E-state index contributed by atoms with van der Waals surface area (Å²) in [6.45, 7) is 1.98. The van der Waals surface area contributed by atoms with Gasteiger partial charge in [0.1, 0.15) is 5.76 Å². The number of hydrogen-bond acceptors (Lipinski definition) is 3. The summed E-state index contributed by atoms with van der Waals surface area (Å²) >= 11 is 5.87. The standard InChI is InChI=1S/C15H19ClN2O/c1-18(2)11-3-10-17-15-9-8-14(19-15)12-4-6-13(16)7-5-12/h4-9,17H,3,10-11H2,1-2H3. The van der Waals surface area contributed by atoms with Gasteiger partial charge in [0.25, 0.3) is 0 Å². The summed E-state index contributed by atoms with van der Waals surface area (Å²) in [6, 6.07) is 11.6. The molecular formula is C15H19ClN2O. The Bertz CT molecular complexity index is 505. The van der Waals surface area contributed by atoms with E-state index in [1.807, 2.05) is 36.4 Å². The van der Waals surface area contributed by atoms with Gasteiger partial charge in [-0.3, -0.25) is 0 Å². The summed E-state index contributed by atoms with van der Waals surface area (Å²) in [4.78, 5) is 2.17. The number of benzene rings is 1. The van der Waals surface area contributed by atoms with E-state index in [9.17, 15) is 0 Å². The monoisotopic (exact) mass is 278 g/mol. The molecule has 0 atom stereocenters. The number of nitrogens with zero attached hydrogens (tertiary/aromatic N) is 1. The normalized spacial score (nSPS) is 10.9. The minimum Gasteiger partial charge on any atom is -0.441 e. The molecule has 0 bridgehead atoms. The lowest BCUT2D eigenvalue weighted by atomic mass is 10.2. The zero-order valence-electron chi connectivity index (χ0n) is 11.3. The summed E-state index contributed by atoms with van der Waals surface area (Å²) < 4.78 is 5.75. The van der Waals surface area contributed by atoms with Crippen LogP contribution in [-0.2, 0) is 0 Å². The van der Waals surface area contributed by atoms with E-state index in [1.54, 1.807) is 0 Å². The molecule has 2 aromatic rings. The number of rotatable bonds is 6. The van der Waals surface area contributed by atoms with E-state index in [0.717, 1.165) is 41.7 Å². The van der Waals surface area contributed by atoms with Gasteiger partial charge < -0.3 is 14.6 Å². The molecule has 0 aliphatic rings. The van der Waals surface area contributed by atoms with Crippen LogP contribution >= 0.6 is 11.6 Å². The molecule has 0 spiro atoms. The predicted octanol–water partition coefficient (Wildman–Crippen LogP) is 3.96. The molecule has 2 rings (SSSR count). The maximum Gasteiger partial charge on any atom is 0.193 e. The number of halogens is 1. The van der Waals surface area contributed by atoms with Crippen molar-refractivity contribution >= 4 is 17.5 Å². The first kappa shape index (κ1) is 14.0. The van der Waals surface area contributed by atoms with E-state index in [0.29, 0.717) is 0 Å².